The van der Waals surface area contributed by atoms with Gasteiger partial charge in [-0.3, -0.25) is 4.79 Å². The lowest BCUT2D eigenvalue weighted by Crippen LogP contribution is -2.35. The van der Waals surface area contributed by atoms with Gasteiger partial charge in [0.15, 0.2) is 0 Å². The molecule has 0 fully saturated rings. The molecule has 0 aliphatic carbocycles. The number of carbonyl (C=O) groups excluding carboxylic acids is 1. The van der Waals surface area contributed by atoms with Crippen LogP contribution >= 0.6 is 11.8 Å². The minimum atomic E-state index is -0.0772. The lowest BCUT2D eigenvalue weighted by atomic mass is 10.2. The molecule has 0 saturated heterocycles. The van der Waals surface area contributed by atoms with Crippen LogP contribution in [-0.2, 0) is 11.2 Å². The fourth-order valence-electron chi connectivity index (χ4n) is 2.86. The summed E-state index contributed by atoms with van der Waals surface area (Å²) in [6, 6.07) is 14.6. The van der Waals surface area contributed by atoms with Gasteiger partial charge < -0.3 is 4.90 Å². The minimum absolute atomic E-state index is 0.0772. The first kappa shape index (κ1) is 15.2. The molecule has 1 heterocycles. The molecule has 3 heteroatoms. The van der Waals surface area contributed by atoms with Crippen LogP contribution in [0.25, 0.3) is 0 Å². The van der Waals surface area contributed by atoms with Crippen molar-refractivity contribution in [3.63, 3.8) is 0 Å². The molecule has 2 aromatic carbocycles. The van der Waals surface area contributed by atoms with E-state index in [-0.39, 0.29) is 11.2 Å². The molecule has 22 heavy (non-hydrogen) atoms. The minimum Gasteiger partial charge on any atom is -0.311 e. The third-order valence-corrected chi connectivity index (χ3v) is 5.40. The van der Waals surface area contributed by atoms with Crippen LogP contribution in [0.3, 0.4) is 0 Å². The first-order chi connectivity index (χ1) is 10.6. The van der Waals surface area contributed by atoms with Crippen LogP contribution in [0.1, 0.15) is 23.6 Å². The summed E-state index contributed by atoms with van der Waals surface area (Å²) < 4.78 is 0. The first-order valence-corrected chi connectivity index (χ1v) is 8.57. The van der Waals surface area contributed by atoms with Crippen molar-refractivity contribution in [3.8, 4) is 0 Å². The predicted molar refractivity (Wildman–Crippen MR) is 93.7 cm³/mol. The Morgan fingerprint density at radius 3 is 2.77 bits per heavy atom. The fourth-order valence-corrected chi connectivity index (χ4v) is 3.98. The number of anilines is 1. The van der Waals surface area contributed by atoms with Crippen LogP contribution in [0, 0.1) is 13.8 Å². The van der Waals surface area contributed by atoms with E-state index in [0.29, 0.717) is 0 Å². The van der Waals surface area contributed by atoms with E-state index in [2.05, 4.69) is 44.2 Å². The molecule has 1 aliphatic heterocycles. The number of benzene rings is 2. The zero-order valence-electron chi connectivity index (χ0n) is 13.3. The average molecular weight is 311 g/mol. The topological polar surface area (TPSA) is 20.3 Å². The maximum Gasteiger partial charge on any atom is 0.240 e. The highest BCUT2D eigenvalue weighted by Gasteiger charge is 2.28. The molecule has 0 radical (unpaired) electrons. The molecule has 0 spiro atoms. The van der Waals surface area contributed by atoms with Crippen molar-refractivity contribution < 1.29 is 4.79 Å². The van der Waals surface area contributed by atoms with E-state index >= 15 is 0 Å². The zero-order valence-corrected chi connectivity index (χ0v) is 14.1. The van der Waals surface area contributed by atoms with Gasteiger partial charge in [-0.15, -0.1) is 11.8 Å². The van der Waals surface area contributed by atoms with Gasteiger partial charge in [0, 0.05) is 17.1 Å². The fraction of sp³-hybridized carbons (Fsp3) is 0.316. The quantitative estimate of drug-likeness (QED) is 0.784. The second-order valence-corrected chi connectivity index (χ2v) is 7.28. The number of rotatable bonds is 3. The van der Waals surface area contributed by atoms with Gasteiger partial charge >= 0.3 is 0 Å². The third kappa shape index (κ3) is 2.91. The second kappa shape index (κ2) is 6.17. The summed E-state index contributed by atoms with van der Waals surface area (Å²) in [7, 11) is 0. The average Bonchev–Trinajstić information content (AvgIpc) is 2.94. The molecule has 0 bridgehead atoms. The molecule has 2 nitrogen and oxygen atoms in total. The predicted octanol–water partition coefficient (Wildman–Crippen LogP) is 4.37. The number of carbonyl (C=O) groups is 1. The highest BCUT2D eigenvalue weighted by molar-refractivity contribution is 8.00. The summed E-state index contributed by atoms with van der Waals surface area (Å²) in [5.41, 5.74) is 4.83. The van der Waals surface area contributed by atoms with Crippen molar-refractivity contribution in [2.24, 2.45) is 0 Å². The molecule has 1 aliphatic rings. The normalized spacial score (nSPS) is 14.8. The maximum atomic E-state index is 12.8. The van der Waals surface area contributed by atoms with E-state index in [0.717, 1.165) is 18.7 Å². The van der Waals surface area contributed by atoms with Crippen LogP contribution in [0.15, 0.2) is 47.4 Å². The number of hydrogen-bond donors (Lipinski definition) is 0. The molecule has 2 aromatic rings. The maximum absolute atomic E-state index is 12.8. The van der Waals surface area contributed by atoms with Crippen molar-refractivity contribution in [1.82, 2.24) is 0 Å². The van der Waals surface area contributed by atoms with E-state index in [1.807, 2.05) is 24.0 Å². The smallest absolute Gasteiger partial charge is 0.240 e. The number of para-hydroxylation sites is 1. The Morgan fingerprint density at radius 2 is 1.95 bits per heavy atom. The SMILES string of the molecule is Cc1ccc(C)c(SC(C)C(=O)N2CCc3ccccc32)c1. The molecule has 3 rings (SSSR count). The van der Waals surface area contributed by atoms with Gasteiger partial charge in [-0.05, 0) is 50.5 Å². The van der Waals surface area contributed by atoms with Gasteiger partial charge in [0.2, 0.25) is 5.91 Å². The summed E-state index contributed by atoms with van der Waals surface area (Å²) in [6.45, 7) is 7.00. The van der Waals surface area contributed by atoms with Crippen LogP contribution in [0.5, 0.6) is 0 Å². The van der Waals surface area contributed by atoms with E-state index in [1.54, 1.807) is 11.8 Å². The molecule has 0 aromatic heterocycles. The standard InChI is InChI=1S/C19H21NOS/c1-13-8-9-14(2)18(12-13)22-15(3)19(21)20-11-10-16-6-4-5-7-17(16)20/h4-9,12,15H,10-11H2,1-3H3. The van der Waals surface area contributed by atoms with E-state index in [4.69, 9.17) is 0 Å². The number of amides is 1. The Kier molecular flexibility index (Phi) is 4.25. The summed E-state index contributed by atoms with van der Waals surface area (Å²) in [6.07, 6.45) is 0.961. The Labute approximate surface area is 136 Å². The summed E-state index contributed by atoms with van der Waals surface area (Å²) in [5, 5.41) is -0.0772. The Bertz CT molecular complexity index is 710. The summed E-state index contributed by atoms with van der Waals surface area (Å²) in [4.78, 5) is 16.0. The van der Waals surface area contributed by atoms with Crippen LogP contribution in [0.4, 0.5) is 5.69 Å². The zero-order chi connectivity index (χ0) is 15.7. The van der Waals surface area contributed by atoms with E-state index in [1.165, 1.54) is 21.6 Å². The van der Waals surface area contributed by atoms with Crippen molar-refractivity contribution in [3.05, 3.63) is 59.2 Å². The molecule has 1 amide bonds. The number of thioether (sulfide) groups is 1. The van der Waals surface area contributed by atoms with Crippen LogP contribution in [0.2, 0.25) is 0 Å². The number of nitrogens with zero attached hydrogens (tertiary/aromatic N) is 1. The monoisotopic (exact) mass is 311 g/mol. The number of fused-ring (bicyclic) bond motifs is 1. The van der Waals surface area contributed by atoms with Crippen molar-refractivity contribution in [2.45, 2.75) is 37.3 Å². The highest BCUT2D eigenvalue weighted by atomic mass is 32.2. The van der Waals surface area contributed by atoms with E-state index in [9.17, 15) is 4.79 Å². The van der Waals surface area contributed by atoms with Gasteiger partial charge in [-0.1, -0.05) is 35.9 Å². The van der Waals surface area contributed by atoms with Crippen molar-refractivity contribution in [2.75, 3.05) is 11.4 Å². The van der Waals surface area contributed by atoms with Crippen molar-refractivity contribution in [1.29, 1.82) is 0 Å². The van der Waals surface area contributed by atoms with Crippen LogP contribution in [-0.4, -0.2) is 17.7 Å². The van der Waals surface area contributed by atoms with Gasteiger partial charge in [-0.25, -0.2) is 0 Å². The number of hydrogen-bond acceptors (Lipinski definition) is 2. The summed E-state index contributed by atoms with van der Waals surface area (Å²) >= 11 is 1.66. The lowest BCUT2D eigenvalue weighted by Gasteiger charge is -2.22. The molecule has 114 valence electrons. The van der Waals surface area contributed by atoms with Gasteiger partial charge in [0.05, 0.1) is 5.25 Å². The van der Waals surface area contributed by atoms with Gasteiger partial charge in [0.1, 0.15) is 0 Å². The summed E-state index contributed by atoms with van der Waals surface area (Å²) in [5.74, 6) is 0.204. The molecular weight excluding hydrogens is 290 g/mol. The Balaban J connectivity index is 1.77. The van der Waals surface area contributed by atoms with E-state index < -0.39 is 0 Å². The largest absolute Gasteiger partial charge is 0.311 e. The molecule has 0 N–H and O–H groups in total. The molecule has 1 unspecified atom stereocenters. The molecule has 0 saturated carbocycles. The molecule has 1 atom stereocenters. The first-order valence-electron chi connectivity index (χ1n) is 7.69. The van der Waals surface area contributed by atoms with Crippen LogP contribution < -0.4 is 4.90 Å². The Morgan fingerprint density at radius 1 is 1.18 bits per heavy atom. The molecular formula is C19H21NOS. The van der Waals surface area contributed by atoms with Gasteiger partial charge in [-0.2, -0.15) is 0 Å². The van der Waals surface area contributed by atoms with Gasteiger partial charge in [0.25, 0.3) is 0 Å². The Hall–Kier alpha value is -1.74. The van der Waals surface area contributed by atoms with Crippen molar-refractivity contribution >= 4 is 23.4 Å². The second-order valence-electron chi connectivity index (χ2n) is 5.90. The lowest BCUT2D eigenvalue weighted by molar-refractivity contribution is -0.117. The third-order valence-electron chi connectivity index (χ3n) is 4.15. The number of aryl methyl sites for hydroxylation is 2. The highest BCUT2D eigenvalue weighted by Crippen LogP contribution is 2.32.